The lowest BCUT2D eigenvalue weighted by Gasteiger charge is -2.17. The summed E-state index contributed by atoms with van der Waals surface area (Å²) in [5, 5.41) is 0.720. The van der Waals surface area contributed by atoms with Gasteiger partial charge in [0.2, 0.25) is 5.91 Å². The monoisotopic (exact) mass is 284 g/mol. The molecule has 1 aliphatic rings. The van der Waals surface area contributed by atoms with E-state index in [-0.39, 0.29) is 11.9 Å². The number of benzene rings is 1. The summed E-state index contributed by atoms with van der Waals surface area (Å²) in [6.45, 7) is 0.858. The van der Waals surface area contributed by atoms with Gasteiger partial charge in [0, 0.05) is 29.8 Å². The molecule has 1 aromatic rings. The fraction of sp³-hybridized carbons (Fsp3) is 0.462. The molecule has 98 valence electrons. The van der Waals surface area contributed by atoms with Gasteiger partial charge in [0.1, 0.15) is 0 Å². The van der Waals surface area contributed by atoms with Gasteiger partial charge < -0.3 is 10.6 Å². The SMILES string of the molecule is N[C@@H](CC(=O)N1CCSC1)Cc1ccc(Cl)cc1. The molecule has 0 bridgehead atoms. The predicted octanol–water partition coefficient (Wildman–Crippen LogP) is 2.13. The van der Waals surface area contributed by atoms with Crippen molar-refractivity contribution in [3.05, 3.63) is 34.9 Å². The zero-order chi connectivity index (χ0) is 13.0. The van der Waals surface area contributed by atoms with Crippen LogP contribution in [-0.2, 0) is 11.2 Å². The number of nitrogens with zero attached hydrogens (tertiary/aromatic N) is 1. The molecule has 1 aliphatic heterocycles. The number of hydrogen-bond donors (Lipinski definition) is 1. The Balaban J connectivity index is 1.82. The highest BCUT2D eigenvalue weighted by atomic mass is 35.5. The minimum atomic E-state index is -0.121. The molecule has 0 aliphatic carbocycles. The van der Waals surface area contributed by atoms with E-state index in [9.17, 15) is 4.79 Å². The summed E-state index contributed by atoms with van der Waals surface area (Å²) in [6.07, 6.45) is 1.13. The van der Waals surface area contributed by atoms with Gasteiger partial charge in [-0.25, -0.2) is 0 Å². The van der Waals surface area contributed by atoms with Gasteiger partial charge >= 0.3 is 0 Å². The second-order valence-electron chi connectivity index (χ2n) is 4.49. The van der Waals surface area contributed by atoms with E-state index < -0.39 is 0 Å². The maximum absolute atomic E-state index is 11.9. The van der Waals surface area contributed by atoms with Crippen molar-refractivity contribution in [1.82, 2.24) is 4.90 Å². The Morgan fingerprint density at radius 1 is 1.44 bits per heavy atom. The van der Waals surface area contributed by atoms with E-state index in [4.69, 9.17) is 17.3 Å². The highest BCUT2D eigenvalue weighted by Crippen LogP contribution is 2.16. The minimum Gasteiger partial charge on any atom is -0.333 e. The lowest BCUT2D eigenvalue weighted by Crippen LogP contribution is -2.35. The van der Waals surface area contributed by atoms with E-state index in [1.807, 2.05) is 29.2 Å². The molecule has 18 heavy (non-hydrogen) atoms. The van der Waals surface area contributed by atoms with Crippen molar-refractivity contribution in [2.24, 2.45) is 5.73 Å². The van der Waals surface area contributed by atoms with E-state index in [1.54, 1.807) is 11.8 Å². The number of amides is 1. The highest BCUT2D eigenvalue weighted by molar-refractivity contribution is 7.99. The maximum Gasteiger partial charge on any atom is 0.224 e. The van der Waals surface area contributed by atoms with Crippen molar-refractivity contribution in [1.29, 1.82) is 0 Å². The fourth-order valence-electron chi connectivity index (χ4n) is 1.96. The van der Waals surface area contributed by atoms with Crippen LogP contribution in [0.4, 0.5) is 0 Å². The van der Waals surface area contributed by atoms with E-state index >= 15 is 0 Å². The van der Waals surface area contributed by atoms with Crippen LogP contribution in [0.15, 0.2) is 24.3 Å². The van der Waals surface area contributed by atoms with E-state index in [0.29, 0.717) is 12.8 Å². The maximum atomic E-state index is 11.9. The number of nitrogens with two attached hydrogens (primary N) is 1. The third kappa shape index (κ3) is 3.90. The van der Waals surface area contributed by atoms with Crippen LogP contribution >= 0.6 is 23.4 Å². The predicted molar refractivity (Wildman–Crippen MR) is 76.8 cm³/mol. The molecule has 2 N–H and O–H groups in total. The molecule has 1 saturated heterocycles. The van der Waals surface area contributed by atoms with E-state index in [1.165, 1.54) is 0 Å². The van der Waals surface area contributed by atoms with Crippen molar-refractivity contribution < 1.29 is 4.79 Å². The molecule has 1 amide bonds. The number of thioether (sulfide) groups is 1. The van der Waals surface area contributed by atoms with Crippen molar-refractivity contribution in [2.75, 3.05) is 18.2 Å². The third-order valence-electron chi connectivity index (χ3n) is 2.95. The zero-order valence-electron chi connectivity index (χ0n) is 10.1. The number of carbonyl (C=O) groups excluding carboxylic acids is 1. The van der Waals surface area contributed by atoms with E-state index in [0.717, 1.165) is 28.8 Å². The smallest absolute Gasteiger partial charge is 0.224 e. The first kappa shape index (κ1) is 13.7. The quantitative estimate of drug-likeness (QED) is 0.921. The minimum absolute atomic E-state index is 0.121. The Morgan fingerprint density at radius 2 is 2.17 bits per heavy atom. The Labute approximate surface area is 117 Å². The Hall–Kier alpha value is -0.710. The first-order chi connectivity index (χ1) is 8.65. The second kappa shape index (κ2) is 6.45. The van der Waals surface area contributed by atoms with Crippen LogP contribution in [-0.4, -0.2) is 35.0 Å². The number of rotatable bonds is 4. The second-order valence-corrected chi connectivity index (χ2v) is 6.00. The molecule has 1 aromatic carbocycles. The van der Waals surface area contributed by atoms with Gasteiger partial charge in [-0.2, -0.15) is 0 Å². The summed E-state index contributed by atoms with van der Waals surface area (Å²) in [5.74, 6) is 2.02. The topological polar surface area (TPSA) is 46.3 Å². The molecular formula is C13H17ClN2OS. The number of hydrogen-bond acceptors (Lipinski definition) is 3. The zero-order valence-corrected chi connectivity index (χ0v) is 11.7. The molecule has 0 radical (unpaired) electrons. The van der Waals surface area contributed by atoms with Crippen molar-refractivity contribution in [3.63, 3.8) is 0 Å². The number of halogens is 1. The van der Waals surface area contributed by atoms with Gasteiger partial charge in [-0.3, -0.25) is 4.79 Å². The fourth-order valence-corrected chi connectivity index (χ4v) is 3.06. The Morgan fingerprint density at radius 3 is 2.78 bits per heavy atom. The van der Waals surface area contributed by atoms with Gasteiger partial charge in [-0.05, 0) is 24.1 Å². The van der Waals surface area contributed by atoms with Crippen LogP contribution in [0.25, 0.3) is 0 Å². The van der Waals surface area contributed by atoms with Crippen LogP contribution in [0.1, 0.15) is 12.0 Å². The molecule has 1 fully saturated rings. The Kier molecular flexibility index (Phi) is 4.92. The van der Waals surface area contributed by atoms with Crippen LogP contribution in [0.3, 0.4) is 0 Å². The molecule has 2 rings (SSSR count). The van der Waals surface area contributed by atoms with Crippen molar-refractivity contribution >= 4 is 29.3 Å². The molecule has 1 atom stereocenters. The largest absolute Gasteiger partial charge is 0.333 e. The summed E-state index contributed by atoms with van der Waals surface area (Å²) < 4.78 is 0. The first-order valence-electron chi connectivity index (χ1n) is 6.00. The van der Waals surface area contributed by atoms with Crippen LogP contribution < -0.4 is 5.73 Å². The normalized spacial score (nSPS) is 16.9. The van der Waals surface area contributed by atoms with Gasteiger partial charge in [0.25, 0.3) is 0 Å². The lowest BCUT2D eigenvalue weighted by molar-refractivity contribution is -0.130. The first-order valence-corrected chi connectivity index (χ1v) is 7.54. The average molecular weight is 285 g/mol. The molecule has 0 aromatic heterocycles. The standard InChI is InChI=1S/C13H17ClN2OS/c14-11-3-1-10(2-4-11)7-12(15)8-13(17)16-5-6-18-9-16/h1-4,12H,5-9,15H2/t12-/m1/s1. The molecule has 5 heteroatoms. The van der Waals surface area contributed by atoms with Crippen LogP contribution in [0.2, 0.25) is 5.02 Å². The molecular weight excluding hydrogens is 268 g/mol. The Bertz CT molecular complexity index is 404. The van der Waals surface area contributed by atoms with Gasteiger partial charge in [0.05, 0.1) is 5.88 Å². The van der Waals surface area contributed by atoms with Gasteiger partial charge in [-0.15, -0.1) is 11.8 Å². The van der Waals surface area contributed by atoms with Gasteiger partial charge in [-0.1, -0.05) is 23.7 Å². The number of carbonyl (C=O) groups is 1. The third-order valence-corrected chi connectivity index (χ3v) is 4.17. The highest BCUT2D eigenvalue weighted by Gasteiger charge is 2.20. The van der Waals surface area contributed by atoms with Crippen molar-refractivity contribution in [3.8, 4) is 0 Å². The molecule has 0 unspecified atom stereocenters. The van der Waals surface area contributed by atoms with E-state index in [2.05, 4.69) is 0 Å². The molecule has 3 nitrogen and oxygen atoms in total. The lowest BCUT2D eigenvalue weighted by atomic mass is 10.0. The van der Waals surface area contributed by atoms with Crippen molar-refractivity contribution in [2.45, 2.75) is 18.9 Å². The van der Waals surface area contributed by atoms with Gasteiger partial charge in [0.15, 0.2) is 0 Å². The molecule has 1 heterocycles. The summed E-state index contributed by atoms with van der Waals surface area (Å²) in [5.41, 5.74) is 7.15. The van der Waals surface area contributed by atoms with Crippen LogP contribution in [0, 0.1) is 0 Å². The molecule has 0 saturated carbocycles. The molecule has 0 spiro atoms. The summed E-state index contributed by atoms with van der Waals surface area (Å²) in [4.78, 5) is 13.8. The summed E-state index contributed by atoms with van der Waals surface area (Å²) in [7, 11) is 0. The summed E-state index contributed by atoms with van der Waals surface area (Å²) >= 11 is 7.62. The van der Waals surface area contributed by atoms with Crippen LogP contribution in [0.5, 0.6) is 0 Å². The summed E-state index contributed by atoms with van der Waals surface area (Å²) in [6, 6.07) is 7.49. The average Bonchev–Trinajstić information content (AvgIpc) is 2.85.